The molecule has 0 radical (unpaired) electrons. The summed E-state index contributed by atoms with van der Waals surface area (Å²) in [6.07, 6.45) is 3.18. The van der Waals surface area contributed by atoms with E-state index in [-0.39, 0.29) is 11.9 Å². The van der Waals surface area contributed by atoms with Crippen LogP contribution < -0.4 is 10.1 Å². The largest absolute Gasteiger partial charge is 0.495 e. The number of likely N-dealkylation sites (tertiary alicyclic amines) is 1. The molecule has 1 fully saturated rings. The number of carbonyl (C=O) groups excluding carboxylic acids is 1. The maximum absolute atomic E-state index is 12.2. The van der Waals surface area contributed by atoms with Crippen LogP contribution >= 0.6 is 11.6 Å². The van der Waals surface area contributed by atoms with Crippen molar-refractivity contribution in [3.05, 3.63) is 23.2 Å². The van der Waals surface area contributed by atoms with Gasteiger partial charge in [0.05, 0.1) is 18.2 Å². The zero-order valence-corrected chi connectivity index (χ0v) is 12.0. The van der Waals surface area contributed by atoms with Crippen molar-refractivity contribution < 1.29 is 9.53 Å². The van der Waals surface area contributed by atoms with Crippen LogP contribution in [-0.2, 0) is 4.79 Å². The summed E-state index contributed by atoms with van der Waals surface area (Å²) in [7, 11) is 3.55. The molecule has 1 atom stereocenters. The number of hydrogen-bond acceptors (Lipinski definition) is 3. The Morgan fingerprint density at radius 1 is 1.47 bits per heavy atom. The maximum Gasteiger partial charge on any atom is 0.241 e. The van der Waals surface area contributed by atoms with E-state index in [0.29, 0.717) is 16.5 Å². The highest BCUT2D eigenvalue weighted by Crippen LogP contribution is 2.27. The summed E-state index contributed by atoms with van der Waals surface area (Å²) in [5.41, 5.74) is 0.713. The minimum atomic E-state index is -0.0459. The van der Waals surface area contributed by atoms with Crippen molar-refractivity contribution >= 4 is 23.2 Å². The molecule has 4 nitrogen and oxygen atoms in total. The molecule has 1 aliphatic rings. The Morgan fingerprint density at radius 3 is 2.95 bits per heavy atom. The molecule has 0 aliphatic carbocycles. The third-order valence-corrected chi connectivity index (χ3v) is 3.80. The second-order valence-electron chi connectivity index (χ2n) is 4.83. The van der Waals surface area contributed by atoms with Gasteiger partial charge in [-0.25, -0.2) is 0 Å². The van der Waals surface area contributed by atoms with Gasteiger partial charge >= 0.3 is 0 Å². The molecule has 0 spiro atoms. The molecule has 1 aliphatic heterocycles. The minimum absolute atomic E-state index is 0.0339. The highest BCUT2D eigenvalue weighted by Gasteiger charge is 2.25. The van der Waals surface area contributed by atoms with E-state index >= 15 is 0 Å². The average molecular weight is 283 g/mol. The molecule has 5 heteroatoms. The molecule has 1 heterocycles. The van der Waals surface area contributed by atoms with Crippen LogP contribution in [0.4, 0.5) is 5.69 Å². The van der Waals surface area contributed by atoms with Crippen molar-refractivity contribution in [1.82, 2.24) is 4.90 Å². The lowest BCUT2D eigenvalue weighted by molar-refractivity contribution is -0.121. The molecule has 0 saturated carbocycles. The minimum Gasteiger partial charge on any atom is -0.495 e. The first-order valence-electron chi connectivity index (χ1n) is 6.46. The Morgan fingerprint density at radius 2 is 2.26 bits per heavy atom. The smallest absolute Gasteiger partial charge is 0.241 e. The molecular formula is C14H19ClN2O2. The van der Waals surface area contributed by atoms with Gasteiger partial charge in [-0.3, -0.25) is 9.69 Å². The van der Waals surface area contributed by atoms with E-state index in [1.54, 1.807) is 25.3 Å². The van der Waals surface area contributed by atoms with Crippen molar-refractivity contribution in [2.24, 2.45) is 0 Å². The first kappa shape index (κ1) is 14.2. The molecule has 1 unspecified atom stereocenters. The first-order chi connectivity index (χ1) is 9.11. The third kappa shape index (κ3) is 3.39. The molecule has 19 heavy (non-hydrogen) atoms. The summed E-state index contributed by atoms with van der Waals surface area (Å²) in [4.78, 5) is 14.3. The number of ether oxygens (including phenoxy) is 1. The lowest BCUT2D eigenvalue weighted by Gasteiger charge is -2.31. The molecule has 1 saturated heterocycles. The third-order valence-electron chi connectivity index (χ3n) is 3.49. The van der Waals surface area contributed by atoms with Gasteiger partial charge in [0.25, 0.3) is 0 Å². The lowest BCUT2D eigenvalue weighted by Crippen LogP contribution is -2.44. The van der Waals surface area contributed by atoms with Crippen molar-refractivity contribution in [3.63, 3.8) is 0 Å². The summed E-state index contributed by atoms with van der Waals surface area (Å²) < 4.78 is 5.14. The molecule has 0 bridgehead atoms. The average Bonchev–Trinajstić information content (AvgIpc) is 2.41. The summed E-state index contributed by atoms with van der Waals surface area (Å²) >= 11 is 5.96. The van der Waals surface area contributed by atoms with Gasteiger partial charge in [0.1, 0.15) is 5.75 Å². The summed E-state index contributed by atoms with van der Waals surface area (Å²) in [5, 5.41) is 3.46. The Labute approximate surface area is 118 Å². The zero-order chi connectivity index (χ0) is 13.8. The highest BCUT2D eigenvalue weighted by molar-refractivity contribution is 6.32. The van der Waals surface area contributed by atoms with E-state index in [1.165, 1.54) is 0 Å². The summed E-state index contributed by atoms with van der Waals surface area (Å²) in [5.74, 6) is 0.600. The Balaban J connectivity index is 2.05. The topological polar surface area (TPSA) is 41.6 Å². The van der Waals surface area contributed by atoms with Crippen LogP contribution in [0, 0.1) is 0 Å². The van der Waals surface area contributed by atoms with Crippen LogP contribution in [-0.4, -0.2) is 37.6 Å². The van der Waals surface area contributed by atoms with Crippen LogP contribution in [0.1, 0.15) is 19.3 Å². The number of rotatable bonds is 3. The van der Waals surface area contributed by atoms with Crippen LogP contribution in [0.25, 0.3) is 0 Å². The fourth-order valence-corrected chi connectivity index (χ4v) is 2.56. The van der Waals surface area contributed by atoms with E-state index in [2.05, 4.69) is 10.2 Å². The molecule has 1 aromatic rings. The quantitative estimate of drug-likeness (QED) is 0.927. The highest BCUT2D eigenvalue weighted by atomic mass is 35.5. The second kappa shape index (κ2) is 6.26. The Kier molecular flexibility index (Phi) is 4.66. The zero-order valence-electron chi connectivity index (χ0n) is 11.3. The molecule has 104 valence electrons. The van der Waals surface area contributed by atoms with Crippen molar-refractivity contribution in [2.75, 3.05) is 26.0 Å². The first-order valence-corrected chi connectivity index (χ1v) is 6.84. The van der Waals surface area contributed by atoms with Crippen LogP contribution in [0.2, 0.25) is 5.02 Å². The number of hydrogen-bond donors (Lipinski definition) is 1. The van der Waals surface area contributed by atoms with E-state index in [1.807, 2.05) is 7.05 Å². The molecule has 1 aromatic carbocycles. The number of amides is 1. The van der Waals surface area contributed by atoms with Crippen LogP contribution in [0.3, 0.4) is 0 Å². The summed E-state index contributed by atoms with van der Waals surface area (Å²) in [6, 6.07) is 5.20. The number of benzene rings is 1. The number of nitrogens with one attached hydrogen (secondary N) is 1. The normalized spacial score (nSPS) is 20.1. The monoisotopic (exact) mass is 282 g/mol. The van der Waals surface area contributed by atoms with Gasteiger partial charge in [-0.15, -0.1) is 0 Å². The lowest BCUT2D eigenvalue weighted by atomic mass is 10.0. The van der Waals surface area contributed by atoms with Crippen molar-refractivity contribution in [3.8, 4) is 5.75 Å². The van der Waals surface area contributed by atoms with E-state index in [4.69, 9.17) is 16.3 Å². The van der Waals surface area contributed by atoms with Crippen LogP contribution in [0.5, 0.6) is 5.75 Å². The van der Waals surface area contributed by atoms with E-state index < -0.39 is 0 Å². The Hall–Kier alpha value is -1.26. The van der Waals surface area contributed by atoms with Crippen molar-refractivity contribution in [2.45, 2.75) is 25.3 Å². The van der Waals surface area contributed by atoms with E-state index in [0.717, 1.165) is 25.8 Å². The fraction of sp³-hybridized carbons (Fsp3) is 0.500. The van der Waals surface area contributed by atoms with Gasteiger partial charge in [0.2, 0.25) is 5.91 Å². The number of nitrogens with zero attached hydrogens (tertiary/aromatic N) is 1. The predicted molar refractivity (Wildman–Crippen MR) is 76.9 cm³/mol. The standard InChI is InChI=1S/C14H19ClN2O2/c1-17-8-4-3-5-12(17)14(18)16-10-6-7-11(15)13(9-10)19-2/h6-7,9,12H,3-5,8H2,1-2H3,(H,16,18). The SMILES string of the molecule is COc1cc(NC(=O)C2CCCCN2C)ccc1Cl. The maximum atomic E-state index is 12.2. The number of halogens is 1. The molecule has 1 N–H and O–H groups in total. The van der Waals surface area contributed by atoms with Gasteiger partial charge in [-0.2, -0.15) is 0 Å². The van der Waals surface area contributed by atoms with Crippen LogP contribution in [0.15, 0.2) is 18.2 Å². The molecule has 0 aromatic heterocycles. The van der Waals surface area contributed by atoms with E-state index in [9.17, 15) is 4.79 Å². The van der Waals surface area contributed by atoms with Gasteiger partial charge in [-0.1, -0.05) is 18.0 Å². The number of methoxy groups -OCH3 is 1. The molecule has 2 rings (SSSR count). The van der Waals surface area contributed by atoms with Gasteiger partial charge in [0.15, 0.2) is 0 Å². The summed E-state index contributed by atoms with van der Waals surface area (Å²) in [6.45, 7) is 0.974. The number of carbonyl (C=O) groups is 1. The van der Waals surface area contributed by atoms with Gasteiger partial charge in [-0.05, 0) is 38.6 Å². The Bertz CT molecular complexity index is 465. The number of piperidine rings is 1. The van der Waals surface area contributed by atoms with Gasteiger partial charge < -0.3 is 10.1 Å². The number of likely N-dealkylation sites (N-methyl/N-ethyl adjacent to an activating group) is 1. The number of anilines is 1. The van der Waals surface area contributed by atoms with Gasteiger partial charge in [0, 0.05) is 11.8 Å². The van der Waals surface area contributed by atoms with Crippen molar-refractivity contribution in [1.29, 1.82) is 0 Å². The fourth-order valence-electron chi connectivity index (χ4n) is 2.37. The molecule has 1 amide bonds. The second-order valence-corrected chi connectivity index (χ2v) is 5.24. The predicted octanol–water partition coefficient (Wildman–Crippen LogP) is 2.77. The molecular weight excluding hydrogens is 264 g/mol.